The van der Waals surface area contributed by atoms with Gasteiger partial charge in [0.15, 0.2) is 18.1 Å². The van der Waals surface area contributed by atoms with Crippen molar-refractivity contribution in [3.05, 3.63) is 59.4 Å². The Bertz CT molecular complexity index is 1100. The summed E-state index contributed by atoms with van der Waals surface area (Å²) in [5.74, 6) is -1.46. The van der Waals surface area contributed by atoms with Crippen LogP contribution in [-0.2, 0) is 14.3 Å². The molecule has 1 fully saturated rings. The second kappa shape index (κ2) is 10.8. The molecule has 186 valence electrons. The van der Waals surface area contributed by atoms with Gasteiger partial charge in [-0.1, -0.05) is 32.0 Å². The first kappa shape index (κ1) is 24.5. The summed E-state index contributed by atoms with van der Waals surface area (Å²) in [5, 5.41) is 2.53. The summed E-state index contributed by atoms with van der Waals surface area (Å²) in [7, 11) is 0. The van der Waals surface area contributed by atoms with Crippen LogP contribution in [-0.4, -0.2) is 55.1 Å². The Morgan fingerprint density at radius 2 is 1.86 bits per heavy atom. The predicted octanol–water partition coefficient (Wildman–Crippen LogP) is 3.26. The lowest BCUT2D eigenvalue weighted by molar-refractivity contribution is -0.154. The molecule has 1 saturated heterocycles. The molecule has 9 heteroatoms. The number of amides is 2. The fourth-order valence-electron chi connectivity index (χ4n) is 4.35. The van der Waals surface area contributed by atoms with E-state index in [0.717, 1.165) is 18.4 Å². The maximum atomic E-state index is 13.9. The van der Waals surface area contributed by atoms with Gasteiger partial charge in [0.25, 0.3) is 11.8 Å². The van der Waals surface area contributed by atoms with Crippen molar-refractivity contribution in [2.45, 2.75) is 38.8 Å². The molecule has 4 rings (SSSR count). The number of nitrogens with one attached hydrogen (secondary N) is 1. The molecule has 2 aliphatic heterocycles. The zero-order chi connectivity index (χ0) is 24.9. The van der Waals surface area contributed by atoms with Gasteiger partial charge in [-0.15, -0.1) is 0 Å². The quantitative estimate of drug-likeness (QED) is 0.607. The number of hydrogen-bond acceptors (Lipinski definition) is 6. The standard InChI is InChI=1S/C26H29FN2O6/c1-16(2)24(28-25(31)18-6-3-4-7-19(18)27)26(32)35-15-23(30)29-11-5-8-20(29)17-9-10-21-22(14-17)34-13-12-33-21/h3-4,6-7,9-10,14,16,20,24H,5,8,11-13,15H2,1-2H3,(H,28,31)/t20?,24-/m0/s1. The molecule has 2 heterocycles. The van der Waals surface area contributed by atoms with E-state index in [1.807, 2.05) is 18.2 Å². The lowest BCUT2D eigenvalue weighted by atomic mass is 10.0. The Kier molecular flexibility index (Phi) is 7.53. The number of hydrogen-bond donors (Lipinski definition) is 1. The minimum atomic E-state index is -1.03. The lowest BCUT2D eigenvalue weighted by Crippen LogP contribution is -2.46. The maximum Gasteiger partial charge on any atom is 0.329 e. The molecule has 8 nitrogen and oxygen atoms in total. The molecule has 2 aromatic rings. The number of benzene rings is 2. The van der Waals surface area contributed by atoms with E-state index in [4.69, 9.17) is 14.2 Å². The van der Waals surface area contributed by atoms with Crippen LogP contribution < -0.4 is 14.8 Å². The van der Waals surface area contributed by atoms with Crippen molar-refractivity contribution >= 4 is 17.8 Å². The van der Waals surface area contributed by atoms with Crippen LogP contribution in [0.15, 0.2) is 42.5 Å². The molecule has 1 N–H and O–H groups in total. The molecule has 1 unspecified atom stereocenters. The van der Waals surface area contributed by atoms with Crippen molar-refractivity contribution in [2.24, 2.45) is 5.92 Å². The van der Waals surface area contributed by atoms with E-state index in [-0.39, 0.29) is 23.4 Å². The summed E-state index contributed by atoms with van der Waals surface area (Å²) in [4.78, 5) is 39.9. The van der Waals surface area contributed by atoms with Crippen LogP contribution in [0, 0.1) is 11.7 Å². The van der Waals surface area contributed by atoms with Gasteiger partial charge in [0.05, 0.1) is 11.6 Å². The Morgan fingerprint density at radius 1 is 1.11 bits per heavy atom. The van der Waals surface area contributed by atoms with E-state index in [0.29, 0.717) is 31.3 Å². The Morgan fingerprint density at radius 3 is 2.60 bits per heavy atom. The van der Waals surface area contributed by atoms with E-state index in [9.17, 15) is 18.8 Å². The van der Waals surface area contributed by atoms with Gasteiger partial charge in [0.2, 0.25) is 0 Å². The van der Waals surface area contributed by atoms with Crippen LogP contribution in [0.25, 0.3) is 0 Å². The zero-order valence-corrected chi connectivity index (χ0v) is 19.8. The predicted molar refractivity (Wildman–Crippen MR) is 125 cm³/mol. The molecular formula is C26H29FN2O6. The van der Waals surface area contributed by atoms with Crippen LogP contribution in [0.4, 0.5) is 4.39 Å². The average molecular weight is 485 g/mol. The number of nitrogens with zero attached hydrogens (tertiary/aromatic N) is 1. The number of carbonyl (C=O) groups excluding carboxylic acids is 3. The van der Waals surface area contributed by atoms with Gasteiger partial charge in [0.1, 0.15) is 25.1 Å². The largest absolute Gasteiger partial charge is 0.486 e. The Labute approximate surface area is 203 Å². The summed E-state index contributed by atoms with van der Waals surface area (Å²) >= 11 is 0. The third-order valence-corrected chi connectivity index (χ3v) is 6.19. The first-order valence-corrected chi connectivity index (χ1v) is 11.8. The molecule has 0 saturated carbocycles. The van der Waals surface area contributed by atoms with E-state index in [2.05, 4.69) is 5.32 Å². The maximum absolute atomic E-state index is 13.9. The third kappa shape index (κ3) is 5.55. The van der Waals surface area contributed by atoms with Gasteiger partial charge < -0.3 is 24.4 Å². The van der Waals surface area contributed by atoms with Gasteiger partial charge >= 0.3 is 5.97 Å². The van der Waals surface area contributed by atoms with Crippen molar-refractivity contribution in [3.8, 4) is 11.5 Å². The highest BCUT2D eigenvalue weighted by molar-refractivity contribution is 5.97. The number of ether oxygens (including phenoxy) is 3. The van der Waals surface area contributed by atoms with Crippen LogP contribution >= 0.6 is 0 Å². The van der Waals surface area contributed by atoms with Crippen LogP contribution in [0.2, 0.25) is 0 Å². The van der Waals surface area contributed by atoms with Gasteiger partial charge in [-0.05, 0) is 48.6 Å². The fraction of sp³-hybridized carbons (Fsp3) is 0.423. The van der Waals surface area contributed by atoms with E-state index in [1.165, 1.54) is 24.3 Å². The third-order valence-electron chi connectivity index (χ3n) is 6.19. The van der Waals surface area contributed by atoms with Crippen molar-refractivity contribution in [2.75, 3.05) is 26.4 Å². The summed E-state index contributed by atoms with van der Waals surface area (Å²) in [6.07, 6.45) is 1.61. The molecule has 0 aliphatic carbocycles. The molecular weight excluding hydrogens is 455 g/mol. The Balaban J connectivity index is 1.37. The first-order valence-electron chi connectivity index (χ1n) is 11.8. The van der Waals surface area contributed by atoms with E-state index >= 15 is 0 Å². The number of rotatable bonds is 7. The second-order valence-electron chi connectivity index (χ2n) is 8.93. The van der Waals surface area contributed by atoms with Crippen LogP contribution in [0.5, 0.6) is 11.5 Å². The van der Waals surface area contributed by atoms with Gasteiger partial charge in [-0.25, -0.2) is 9.18 Å². The monoisotopic (exact) mass is 484 g/mol. The smallest absolute Gasteiger partial charge is 0.329 e. The average Bonchev–Trinajstić information content (AvgIpc) is 3.35. The summed E-state index contributed by atoms with van der Waals surface area (Å²) < 4.78 is 30.5. The number of halogens is 1. The van der Waals surface area contributed by atoms with Gasteiger partial charge in [0, 0.05) is 6.54 Å². The fourth-order valence-corrected chi connectivity index (χ4v) is 4.35. The van der Waals surface area contributed by atoms with E-state index < -0.39 is 30.3 Å². The molecule has 0 bridgehead atoms. The number of fused-ring (bicyclic) bond motifs is 1. The molecule has 2 aromatic carbocycles. The Hall–Kier alpha value is -3.62. The molecule has 2 atom stereocenters. The SMILES string of the molecule is CC(C)[C@H](NC(=O)c1ccccc1F)C(=O)OCC(=O)N1CCCC1c1ccc2c(c1)OCCO2. The number of likely N-dealkylation sites (tertiary alicyclic amines) is 1. The number of carbonyl (C=O) groups is 3. The molecule has 35 heavy (non-hydrogen) atoms. The van der Waals surface area contributed by atoms with Crippen molar-refractivity contribution in [1.29, 1.82) is 0 Å². The molecule has 2 amide bonds. The summed E-state index contributed by atoms with van der Waals surface area (Å²) in [5.41, 5.74) is 0.769. The van der Waals surface area contributed by atoms with E-state index in [1.54, 1.807) is 18.7 Å². The molecule has 0 aromatic heterocycles. The van der Waals surface area contributed by atoms with Crippen molar-refractivity contribution in [1.82, 2.24) is 10.2 Å². The molecule has 0 radical (unpaired) electrons. The highest BCUT2D eigenvalue weighted by atomic mass is 19.1. The second-order valence-corrected chi connectivity index (χ2v) is 8.93. The summed E-state index contributed by atoms with van der Waals surface area (Å²) in [6.45, 7) is 4.54. The van der Waals surface area contributed by atoms with Gasteiger partial charge in [-0.2, -0.15) is 0 Å². The zero-order valence-electron chi connectivity index (χ0n) is 19.8. The van der Waals surface area contributed by atoms with Gasteiger partial charge in [-0.3, -0.25) is 9.59 Å². The van der Waals surface area contributed by atoms with Crippen molar-refractivity contribution in [3.63, 3.8) is 0 Å². The first-order chi connectivity index (χ1) is 16.8. The molecule has 2 aliphatic rings. The normalized spacial score (nSPS) is 17.7. The molecule has 0 spiro atoms. The highest BCUT2D eigenvalue weighted by Crippen LogP contribution is 2.38. The van der Waals surface area contributed by atoms with Crippen LogP contribution in [0.3, 0.4) is 0 Å². The summed E-state index contributed by atoms with van der Waals surface area (Å²) in [6, 6.07) is 9.99. The van der Waals surface area contributed by atoms with Crippen LogP contribution in [0.1, 0.15) is 48.7 Å². The highest BCUT2D eigenvalue weighted by Gasteiger charge is 2.33. The topological polar surface area (TPSA) is 94.2 Å². The number of esters is 1. The lowest BCUT2D eigenvalue weighted by Gasteiger charge is -2.27. The minimum Gasteiger partial charge on any atom is -0.486 e. The minimum absolute atomic E-state index is 0.154. The van der Waals surface area contributed by atoms with Crippen molar-refractivity contribution < 1.29 is 33.0 Å².